The number of carbonyl (C=O) groups excluding carboxylic acids is 2. The number of aromatic nitrogens is 3. The molecule has 0 radical (unpaired) electrons. The zero-order valence-electron chi connectivity index (χ0n) is 19.5. The maximum absolute atomic E-state index is 13.1. The molecule has 36 heavy (non-hydrogen) atoms. The van der Waals surface area contributed by atoms with Gasteiger partial charge in [-0.25, -0.2) is 19.7 Å². The maximum atomic E-state index is 13.1. The summed E-state index contributed by atoms with van der Waals surface area (Å²) in [7, 11) is 1.62. The Balaban J connectivity index is 1.53. The van der Waals surface area contributed by atoms with Crippen molar-refractivity contribution in [3.63, 3.8) is 0 Å². The van der Waals surface area contributed by atoms with Gasteiger partial charge < -0.3 is 19.7 Å². The number of cyclic esters (lactones) is 1. The second kappa shape index (κ2) is 10.1. The van der Waals surface area contributed by atoms with Crippen molar-refractivity contribution in [2.45, 2.75) is 32.2 Å². The minimum absolute atomic E-state index is 0.0940. The van der Waals surface area contributed by atoms with Gasteiger partial charge in [-0.1, -0.05) is 0 Å². The van der Waals surface area contributed by atoms with Crippen LogP contribution in [-0.4, -0.2) is 58.2 Å². The lowest BCUT2D eigenvalue weighted by Gasteiger charge is -2.16. The lowest BCUT2D eigenvalue weighted by molar-refractivity contribution is -0.145. The number of amides is 2. The summed E-state index contributed by atoms with van der Waals surface area (Å²) in [6.07, 6.45) is -1.76. The van der Waals surface area contributed by atoms with Gasteiger partial charge in [0.15, 0.2) is 6.10 Å². The van der Waals surface area contributed by atoms with Gasteiger partial charge in [-0.05, 0) is 32.0 Å². The first kappa shape index (κ1) is 25.4. The predicted molar refractivity (Wildman–Crippen MR) is 124 cm³/mol. The molecule has 9 nitrogen and oxygen atoms in total. The van der Waals surface area contributed by atoms with Crippen molar-refractivity contribution in [2.75, 3.05) is 20.2 Å². The van der Waals surface area contributed by atoms with E-state index in [1.165, 1.54) is 22.3 Å². The molecule has 2 atom stereocenters. The third-order valence-electron chi connectivity index (χ3n) is 5.30. The molecule has 1 aliphatic heterocycles. The van der Waals surface area contributed by atoms with Crippen molar-refractivity contribution < 1.29 is 32.2 Å². The van der Waals surface area contributed by atoms with Gasteiger partial charge in [-0.2, -0.15) is 13.2 Å². The quantitative estimate of drug-likeness (QED) is 0.496. The summed E-state index contributed by atoms with van der Waals surface area (Å²) in [6.45, 7) is 4.00. The van der Waals surface area contributed by atoms with Gasteiger partial charge in [-0.3, -0.25) is 4.79 Å². The van der Waals surface area contributed by atoms with E-state index in [1.54, 1.807) is 32.3 Å². The molecule has 1 unspecified atom stereocenters. The number of likely N-dealkylation sites (N-methyl/N-ethyl adjacent to an activating group) is 1. The van der Waals surface area contributed by atoms with E-state index < -0.39 is 36.1 Å². The predicted octanol–water partition coefficient (Wildman–Crippen LogP) is 4.25. The fraction of sp³-hybridized carbons (Fsp3) is 0.348. The Morgan fingerprint density at radius 1 is 1.25 bits per heavy atom. The number of ether oxygens (including phenoxy) is 2. The lowest BCUT2D eigenvalue weighted by Crippen LogP contribution is -2.27. The summed E-state index contributed by atoms with van der Waals surface area (Å²) >= 11 is 1.45. The summed E-state index contributed by atoms with van der Waals surface area (Å²) < 4.78 is 49.3. The van der Waals surface area contributed by atoms with Gasteiger partial charge >= 0.3 is 12.3 Å². The Bertz CT molecular complexity index is 1270. The molecule has 0 bridgehead atoms. The van der Waals surface area contributed by atoms with E-state index in [9.17, 15) is 22.8 Å². The molecule has 1 saturated heterocycles. The molecule has 190 valence electrons. The molecule has 2 amide bonds. The Morgan fingerprint density at radius 3 is 2.56 bits per heavy atom. The topological polar surface area (TPSA) is 107 Å². The molecular weight excluding hydrogens is 499 g/mol. The highest BCUT2D eigenvalue weighted by Gasteiger charge is 2.34. The number of hydrogen-bond donors (Lipinski definition) is 1. The highest BCUT2D eigenvalue weighted by molar-refractivity contribution is 7.14. The zero-order chi connectivity index (χ0) is 26.0. The van der Waals surface area contributed by atoms with Crippen molar-refractivity contribution >= 4 is 23.3 Å². The lowest BCUT2D eigenvalue weighted by atomic mass is 10.1. The highest BCUT2D eigenvalue weighted by atomic mass is 32.1. The average Bonchev–Trinajstić information content (AvgIpc) is 3.41. The van der Waals surface area contributed by atoms with Crippen LogP contribution in [0, 0.1) is 6.92 Å². The number of benzene rings is 1. The molecular formula is C23H22F3N5O4S. The minimum Gasteiger partial charge on any atom is -0.490 e. The molecule has 0 saturated carbocycles. The molecule has 0 aliphatic carbocycles. The van der Waals surface area contributed by atoms with E-state index in [-0.39, 0.29) is 12.2 Å². The molecule has 3 heterocycles. The first-order valence-electron chi connectivity index (χ1n) is 10.8. The summed E-state index contributed by atoms with van der Waals surface area (Å²) in [4.78, 5) is 38.1. The first-order valence-corrected chi connectivity index (χ1v) is 11.6. The number of alkyl halides is 3. The van der Waals surface area contributed by atoms with E-state index in [4.69, 9.17) is 9.47 Å². The third-order valence-corrected chi connectivity index (χ3v) is 6.26. The van der Waals surface area contributed by atoms with Crippen molar-refractivity contribution in [3.05, 3.63) is 58.6 Å². The van der Waals surface area contributed by atoms with Gasteiger partial charge in [0, 0.05) is 47.2 Å². The van der Waals surface area contributed by atoms with E-state index >= 15 is 0 Å². The van der Waals surface area contributed by atoms with Crippen molar-refractivity contribution in [2.24, 2.45) is 0 Å². The molecule has 13 heteroatoms. The SMILES string of the molecule is Cc1cnc(-c2cc(OC[C@H]3CN(C)C(=O)O3)cc(C(=O)NC(C)c3cnc(C(F)(F)F)nc3)c2)s1. The van der Waals surface area contributed by atoms with Crippen LogP contribution in [0.4, 0.5) is 18.0 Å². The van der Waals surface area contributed by atoms with Crippen LogP contribution in [0.25, 0.3) is 10.6 Å². The number of halogens is 3. The van der Waals surface area contributed by atoms with Crippen LogP contribution >= 0.6 is 11.3 Å². The number of rotatable bonds is 7. The number of nitrogens with one attached hydrogen (secondary N) is 1. The van der Waals surface area contributed by atoms with E-state index in [1.807, 2.05) is 6.92 Å². The van der Waals surface area contributed by atoms with Gasteiger partial charge in [0.05, 0.1) is 12.6 Å². The minimum atomic E-state index is -4.65. The Kier molecular flexibility index (Phi) is 7.11. The Morgan fingerprint density at radius 2 is 1.97 bits per heavy atom. The number of aryl methyl sites for hydroxylation is 1. The van der Waals surface area contributed by atoms with Crippen LogP contribution < -0.4 is 10.1 Å². The molecule has 1 N–H and O–H groups in total. The second-order valence-corrected chi connectivity index (χ2v) is 9.49. The van der Waals surface area contributed by atoms with Crippen LogP contribution in [0.3, 0.4) is 0 Å². The van der Waals surface area contributed by atoms with Gasteiger partial charge in [0.1, 0.15) is 17.4 Å². The summed E-state index contributed by atoms with van der Waals surface area (Å²) in [5.41, 5.74) is 1.23. The van der Waals surface area contributed by atoms with Gasteiger partial charge in [-0.15, -0.1) is 11.3 Å². The highest BCUT2D eigenvalue weighted by Crippen LogP contribution is 2.30. The Hall–Kier alpha value is -3.74. The van der Waals surface area contributed by atoms with E-state index in [0.717, 1.165) is 17.3 Å². The first-order chi connectivity index (χ1) is 17.0. The van der Waals surface area contributed by atoms with E-state index in [2.05, 4.69) is 20.3 Å². The fourth-order valence-electron chi connectivity index (χ4n) is 3.42. The maximum Gasteiger partial charge on any atom is 0.451 e. The fourth-order valence-corrected chi connectivity index (χ4v) is 4.17. The molecule has 1 fully saturated rings. The number of nitrogens with zero attached hydrogens (tertiary/aromatic N) is 4. The smallest absolute Gasteiger partial charge is 0.451 e. The molecule has 3 aromatic rings. The van der Waals surface area contributed by atoms with Crippen LogP contribution in [-0.2, 0) is 10.9 Å². The summed E-state index contributed by atoms with van der Waals surface area (Å²) in [5.74, 6) is -1.35. The largest absolute Gasteiger partial charge is 0.490 e. The van der Waals surface area contributed by atoms with Gasteiger partial charge in [0.25, 0.3) is 5.91 Å². The molecule has 1 aromatic carbocycles. The summed E-state index contributed by atoms with van der Waals surface area (Å²) in [6, 6.07) is 4.27. The molecule has 2 aromatic heterocycles. The monoisotopic (exact) mass is 521 g/mol. The van der Waals surface area contributed by atoms with Crippen LogP contribution in [0.15, 0.2) is 36.8 Å². The molecule has 1 aliphatic rings. The average molecular weight is 522 g/mol. The van der Waals surface area contributed by atoms with Crippen molar-refractivity contribution in [1.82, 2.24) is 25.2 Å². The third kappa shape index (κ3) is 5.90. The second-order valence-electron chi connectivity index (χ2n) is 8.25. The van der Waals surface area contributed by atoms with E-state index in [0.29, 0.717) is 28.4 Å². The number of hydrogen-bond acceptors (Lipinski definition) is 8. The normalized spacial score (nSPS) is 16.6. The van der Waals surface area contributed by atoms with Crippen LogP contribution in [0.5, 0.6) is 5.75 Å². The van der Waals surface area contributed by atoms with Crippen molar-refractivity contribution in [3.8, 4) is 16.3 Å². The standard InChI is InChI=1S/C23H22F3N5O4S/c1-12-7-27-20(36-12)15-4-14(5-17(6-15)34-11-18-10-31(3)22(33)35-18)19(32)30-13(2)16-8-28-21(29-9-16)23(24,25)26/h4-9,13,18H,10-11H2,1-3H3,(H,30,32)/t13?,18-/m1/s1. The van der Waals surface area contributed by atoms with Gasteiger partial charge in [0.2, 0.25) is 5.82 Å². The van der Waals surface area contributed by atoms with Crippen LogP contribution in [0.2, 0.25) is 0 Å². The van der Waals surface area contributed by atoms with Crippen LogP contribution in [0.1, 0.15) is 39.6 Å². The molecule has 0 spiro atoms. The van der Waals surface area contributed by atoms with Crippen molar-refractivity contribution in [1.29, 1.82) is 0 Å². The number of thiazole rings is 1. The zero-order valence-corrected chi connectivity index (χ0v) is 20.3. The molecule has 4 rings (SSSR count). The summed E-state index contributed by atoms with van der Waals surface area (Å²) in [5, 5.41) is 3.43. The Labute approximate surface area is 208 Å². The number of carbonyl (C=O) groups is 2.